The van der Waals surface area contributed by atoms with Gasteiger partial charge in [-0.25, -0.2) is 0 Å². The number of hydrogen-bond donors (Lipinski definition) is 1. The van der Waals surface area contributed by atoms with Crippen LogP contribution >= 0.6 is 0 Å². The van der Waals surface area contributed by atoms with Gasteiger partial charge in [0.15, 0.2) is 0 Å². The van der Waals surface area contributed by atoms with E-state index in [-0.39, 0.29) is 5.41 Å². The molecule has 1 aliphatic rings. The van der Waals surface area contributed by atoms with Crippen molar-refractivity contribution in [3.05, 3.63) is 65.5 Å². The molecule has 3 rings (SSSR count). The van der Waals surface area contributed by atoms with Crippen LogP contribution in [0.5, 0.6) is 0 Å². The highest BCUT2D eigenvalue weighted by Gasteiger charge is 2.45. The topological polar surface area (TPSA) is 33.1 Å². The lowest BCUT2D eigenvalue weighted by Gasteiger charge is -2.46. The van der Waals surface area contributed by atoms with Crippen molar-refractivity contribution in [3.63, 3.8) is 0 Å². The first-order valence-electron chi connectivity index (χ1n) is 6.87. The lowest BCUT2D eigenvalue weighted by molar-refractivity contribution is 0.0265. The summed E-state index contributed by atoms with van der Waals surface area (Å²) in [6.07, 6.45) is 6.44. The molecule has 1 atom stereocenters. The zero-order valence-corrected chi connectivity index (χ0v) is 11.2. The molecule has 0 amide bonds. The zero-order valence-electron chi connectivity index (χ0n) is 11.2. The maximum absolute atomic E-state index is 10.8. The molecular weight excluding hydrogens is 234 g/mol. The number of rotatable bonds is 3. The third-order valence-electron chi connectivity index (χ3n) is 4.33. The lowest BCUT2D eigenvalue weighted by atomic mass is 9.60. The molecule has 1 unspecified atom stereocenters. The second-order valence-electron chi connectivity index (χ2n) is 5.57. The van der Waals surface area contributed by atoms with Crippen molar-refractivity contribution in [1.82, 2.24) is 4.98 Å². The van der Waals surface area contributed by atoms with E-state index >= 15 is 0 Å². The Morgan fingerprint density at radius 1 is 1.16 bits per heavy atom. The Morgan fingerprint density at radius 2 is 1.89 bits per heavy atom. The summed E-state index contributed by atoms with van der Waals surface area (Å²) < 4.78 is 0. The fourth-order valence-corrected chi connectivity index (χ4v) is 3.09. The van der Waals surface area contributed by atoms with E-state index in [1.165, 1.54) is 12.0 Å². The van der Waals surface area contributed by atoms with Crippen molar-refractivity contribution >= 4 is 0 Å². The van der Waals surface area contributed by atoms with Crippen molar-refractivity contribution in [3.8, 4) is 0 Å². The predicted molar refractivity (Wildman–Crippen MR) is 75.9 cm³/mol. The van der Waals surface area contributed by atoms with E-state index in [2.05, 4.69) is 29.2 Å². The molecule has 1 fully saturated rings. The van der Waals surface area contributed by atoms with E-state index < -0.39 is 6.10 Å². The quantitative estimate of drug-likeness (QED) is 0.907. The number of aliphatic hydroxyl groups excluding tert-OH is 1. The first kappa shape index (κ1) is 12.4. The monoisotopic (exact) mass is 253 g/mol. The van der Waals surface area contributed by atoms with Crippen LogP contribution in [-0.2, 0) is 5.41 Å². The zero-order chi connectivity index (χ0) is 13.3. The average molecular weight is 253 g/mol. The molecular formula is C17H19NO. The highest BCUT2D eigenvalue weighted by Crippen LogP contribution is 2.51. The Labute approximate surface area is 114 Å². The van der Waals surface area contributed by atoms with Crippen LogP contribution in [0.15, 0.2) is 48.8 Å². The van der Waals surface area contributed by atoms with Gasteiger partial charge in [-0.2, -0.15) is 0 Å². The summed E-state index contributed by atoms with van der Waals surface area (Å²) in [5.41, 5.74) is 3.16. The smallest absolute Gasteiger partial charge is 0.0901 e. The van der Waals surface area contributed by atoms with Crippen molar-refractivity contribution in [1.29, 1.82) is 0 Å². The molecule has 0 saturated heterocycles. The van der Waals surface area contributed by atoms with Crippen molar-refractivity contribution in [2.24, 2.45) is 0 Å². The summed E-state index contributed by atoms with van der Waals surface area (Å²) in [4.78, 5) is 4.21. The fourth-order valence-electron chi connectivity index (χ4n) is 3.09. The Kier molecular flexibility index (Phi) is 3.11. The van der Waals surface area contributed by atoms with Crippen LogP contribution in [0.4, 0.5) is 0 Å². The third kappa shape index (κ3) is 2.06. The Hall–Kier alpha value is -1.67. The molecule has 1 aliphatic carbocycles. The number of hydrogen-bond acceptors (Lipinski definition) is 2. The fraction of sp³-hybridized carbons (Fsp3) is 0.353. The summed E-state index contributed by atoms with van der Waals surface area (Å²) in [6.45, 7) is 2.01. The normalized spacial score (nSPS) is 18.6. The number of aryl methyl sites for hydroxylation is 1. The molecule has 1 aromatic heterocycles. The van der Waals surface area contributed by atoms with E-state index in [1.54, 1.807) is 6.20 Å². The van der Waals surface area contributed by atoms with Crippen LogP contribution in [0.1, 0.15) is 42.1 Å². The summed E-state index contributed by atoms with van der Waals surface area (Å²) in [5.74, 6) is 0. The molecule has 2 nitrogen and oxygen atoms in total. The third-order valence-corrected chi connectivity index (χ3v) is 4.33. The molecule has 2 heteroatoms. The van der Waals surface area contributed by atoms with E-state index in [1.807, 2.05) is 25.3 Å². The van der Waals surface area contributed by atoms with E-state index in [0.717, 1.165) is 24.0 Å². The van der Waals surface area contributed by atoms with Gasteiger partial charge in [0, 0.05) is 17.8 Å². The van der Waals surface area contributed by atoms with Crippen molar-refractivity contribution in [2.45, 2.75) is 37.7 Å². The number of nitrogens with zero attached hydrogens (tertiary/aromatic N) is 1. The predicted octanol–water partition coefficient (Wildman–Crippen LogP) is 3.55. The van der Waals surface area contributed by atoms with Crippen LogP contribution in [0.25, 0.3) is 0 Å². The van der Waals surface area contributed by atoms with Crippen LogP contribution < -0.4 is 0 Å². The summed E-state index contributed by atoms with van der Waals surface area (Å²) >= 11 is 0. The van der Waals surface area contributed by atoms with Crippen molar-refractivity contribution < 1.29 is 5.11 Å². The lowest BCUT2D eigenvalue weighted by Crippen LogP contribution is -2.40. The standard InChI is InChI=1S/C17H19NO/c1-13-10-14(12-18-11-13)16(19)17(8-5-9-17)15-6-3-2-4-7-15/h2-4,6-7,10-12,16,19H,5,8-9H2,1H3. The van der Waals surface area contributed by atoms with Gasteiger partial charge in [-0.15, -0.1) is 0 Å². The molecule has 2 aromatic rings. The minimum atomic E-state index is -0.462. The van der Waals surface area contributed by atoms with Gasteiger partial charge in [0.25, 0.3) is 0 Å². The van der Waals surface area contributed by atoms with Crippen LogP contribution in [0.3, 0.4) is 0 Å². The maximum Gasteiger partial charge on any atom is 0.0901 e. The van der Waals surface area contributed by atoms with Gasteiger partial charge in [-0.3, -0.25) is 4.98 Å². The number of aliphatic hydroxyl groups is 1. The second-order valence-corrected chi connectivity index (χ2v) is 5.57. The molecule has 0 spiro atoms. The Bertz CT molecular complexity index is 560. The first-order valence-corrected chi connectivity index (χ1v) is 6.87. The molecule has 0 aliphatic heterocycles. The Balaban J connectivity index is 1.99. The van der Waals surface area contributed by atoms with Gasteiger partial charge in [-0.1, -0.05) is 42.8 Å². The number of benzene rings is 1. The van der Waals surface area contributed by atoms with Gasteiger partial charge >= 0.3 is 0 Å². The molecule has 19 heavy (non-hydrogen) atoms. The minimum Gasteiger partial charge on any atom is -0.387 e. The molecule has 1 saturated carbocycles. The van der Waals surface area contributed by atoms with Crippen molar-refractivity contribution in [2.75, 3.05) is 0 Å². The van der Waals surface area contributed by atoms with Gasteiger partial charge in [0.1, 0.15) is 0 Å². The van der Waals surface area contributed by atoms with Gasteiger partial charge in [-0.05, 0) is 36.5 Å². The largest absolute Gasteiger partial charge is 0.387 e. The maximum atomic E-state index is 10.8. The molecule has 0 radical (unpaired) electrons. The number of pyridine rings is 1. The second kappa shape index (κ2) is 4.78. The summed E-state index contributed by atoms with van der Waals surface area (Å²) in [7, 11) is 0. The minimum absolute atomic E-state index is 0.114. The van der Waals surface area contributed by atoms with Crippen LogP contribution in [0, 0.1) is 6.92 Å². The molecule has 1 N–H and O–H groups in total. The van der Waals surface area contributed by atoms with Gasteiger partial charge in [0.05, 0.1) is 6.10 Å². The summed E-state index contributed by atoms with van der Waals surface area (Å²) in [6, 6.07) is 12.4. The van der Waals surface area contributed by atoms with Crippen LogP contribution in [0.2, 0.25) is 0 Å². The van der Waals surface area contributed by atoms with Crippen LogP contribution in [-0.4, -0.2) is 10.1 Å². The number of aromatic nitrogens is 1. The van der Waals surface area contributed by atoms with E-state index in [0.29, 0.717) is 0 Å². The van der Waals surface area contributed by atoms with Gasteiger partial charge in [0.2, 0.25) is 0 Å². The first-order chi connectivity index (χ1) is 9.22. The molecule has 1 aromatic carbocycles. The molecule has 98 valence electrons. The average Bonchev–Trinajstić information content (AvgIpc) is 2.38. The highest BCUT2D eigenvalue weighted by atomic mass is 16.3. The van der Waals surface area contributed by atoms with E-state index in [4.69, 9.17) is 0 Å². The summed E-state index contributed by atoms with van der Waals surface area (Å²) in [5, 5.41) is 10.8. The Morgan fingerprint density at radius 3 is 2.47 bits per heavy atom. The molecule has 0 bridgehead atoms. The van der Waals surface area contributed by atoms with Gasteiger partial charge < -0.3 is 5.11 Å². The molecule has 1 heterocycles. The van der Waals surface area contributed by atoms with E-state index in [9.17, 15) is 5.11 Å². The SMILES string of the molecule is Cc1cncc(C(O)C2(c3ccccc3)CCC2)c1. The highest BCUT2D eigenvalue weighted by molar-refractivity contribution is 5.34.